The minimum Gasteiger partial charge on any atom is -0.355 e. The van der Waals surface area contributed by atoms with Crippen LogP contribution in [0.15, 0.2) is 53.0 Å². The van der Waals surface area contributed by atoms with Gasteiger partial charge in [-0.3, -0.25) is 9.10 Å². The number of amides is 1. The fraction of sp³-hybridized carbons (Fsp3) is 0.278. The normalized spacial score (nSPS) is 13.6. The van der Waals surface area contributed by atoms with Crippen molar-refractivity contribution in [2.24, 2.45) is 0 Å². The third kappa shape index (κ3) is 4.41. The Kier molecular flexibility index (Phi) is 5.44. The Morgan fingerprint density at radius 1 is 1.12 bits per heavy atom. The van der Waals surface area contributed by atoms with Crippen LogP contribution in [0.1, 0.15) is 11.1 Å². The third-order valence-corrected chi connectivity index (χ3v) is 6.44. The number of nitrogens with one attached hydrogen (secondary N) is 1. The van der Waals surface area contributed by atoms with Gasteiger partial charge in [0.05, 0.1) is 17.9 Å². The van der Waals surface area contributed by atoms with Crippen molar-refractivity contribution in [2.45, 2.75) is 12.8 Å². The molecule has 0 unspecified atom stereocenters. The number of rotatable bonds is 6. The van der Waals surface area contributed by atoms with Crippen molar-refractivity contribution in [1.29, 1.82) is 0 Å². The molecule has 0 atom stereocenters. The molecular formula is C18H19BrN2O3S. The maximum atomic E-state index is 12.5. The SMILES string of the molecule is O=C(Cc1ccc(Br)cc1)NCCS(=O)(=O)N1CCc2ccccc21. The molecule has 1 N–H and O–H groups in total. The molecule has 5 nitrogen and oxygen atoms in total. The molecule has 25 heavy (non-hydrogen) atoms. The minimum absolute atomic E-state index is 0.104. The minimum atomic E-state index is -3.44. The van der Waals surface area contributed by atoms with Crippen LogP contribution in [0.25, 0.3) is 0 Å². The van der Waals surface area contributed by atoms with Gasteiger partial charge in [0.15, 0.2) is 0 Å². The lowest BCUT2D eigenvalue weighted by atomic mass is 10.1. The molecule has 132 valence electrons. The molecule has 1 aliphatic rings. The largest absolute Gasteiger partial charge is 0.355 e. The number of anilines is 1. The number of carbonyl (C=O) groups is 1. The van der Waals surface area contributed by atoms with Gasteiger partial charge in [-0.2, -0.15) is 0 Å². The fourth-order valence-corrected chi connectivity index (χ4v) is 4.57. The molecule has 0 saturated heterocycles. The second kappa shape index (κ2) is 7.58. The second-order valence-corrected chi connectivity index (χ2v) is 8.85. The highest BCUT2D eigenvalue weighted by atomic mass is 79.9. The highest BCUT2D eigenvalue weighted by Gasteiger charge is 2.28. The third-order valence-electron chi connectivity index (χ3n) is 4.14. The summed E-state index contributed by atoms with van der Waals surface area (Å²) >= 11 is 3.35. The van der Waals surface area contributed by atoms with E-state index in [1.165, 1.54) is 4.31 Å². The fourth-order valence-electron chi connectivity index (χ4n) is 2.88. The van der Waals surface area contributed by atoms with Crippen molar-refractivity contribution < 1.29 is 13.2 Å². The summed E-state index contributed by atoms with van der Waals surface area (Å²) in [4.78, 5) is 12.0. The zero-order chi connectivity index (χ0) is 17.9. The molecule has 1 amide bonds. The summed E-state index contributed by atoms with van der Waals surface area (Å²) in [7, 11) is -3.44. The molecule has 0 bridgehead atoms. The van der Waals surface area contributed by atoms with Crippen LogP contribution in [0, 0.1) is 0 Å². The number of benzene rings is 2. The van der Waals surface area contributed by atoms with Crippen LogP contribution in [0.2, 0.25) is 0 Å². The number of hydrogen-bond acceptors (Lipinski definition) is 3. The molecule has 0 aliphatic carbocycles. The van der Waals surface area contributed by atoms with Crippen LogP contribution < -0.4 is 9.62 Å². The molecule has 2 aromatic carbocycles. The number of sulfonamides is 1. The van der Waals surface area contributed by atoms with Crippen LogP contribution in [-0.2, 0) is 27.7 Å². The van der Waals surface area contributed by atoms with Gasteiger partial charge in [-0.15, -0.1) is 0 Å². The summed E-state index contributed by atoms with van der Waals surface area (Å²) in [6, 6.07) is 15.0. The van der Waals surface area contributed by atoms with Crippen LogP contribution >= 0.6 is 15.9 Å². The Morgan fingerprint density at radius 3 is 2.60 bits per heavy atom. The predicted molar refractivity (Wildman–Crippen MR) is 102 cm³/mol. The first-order chi connectivity index (χ1) is 12.0. The molecule has 1 aliphatic heterocycles. The Labute approximate surface area is 156 Å². The summed E-state index contributed by atoms with van der Waals surface area (Å²) in [6.07, 6.45) is 0.963. The zero-order valence-corrected chi connectivity index (χ0v) is 16.0. The maximum Gasteiger partial charge on any atom is 0.236 e. The van der Waals surface area contributed by atoms with Gasteiger partial charge in [-0.25, -0.2) is 8.42 Å². The Balaban J connectivity index is 1.53. The molecule has 2 aromatic rings. The quantitative estimate of drug-likeness (QED) is 0.777. The highest BCUT2D eigenvalue weighted by Crippen LogP contribution is 2.29. The van der Waals surface area contributed by atoms with Gasteiger partial charge in [0.2, 0.25) is 15.9 Å². The number of hydrogen-bond donors (Lipinski definition) is 1. The van der Waals surface area contributed by atoms with Crippen molar-refractivity contribution in [3.8, 4) is 0 Å². The molecule has 3 rings (SSSR count). The monoisotopic (exact) mass is 422 g/mol. The smallest absolute Gasteiger partial charge is 0.236 e. The Morgan fingerprint density at radius 2 is 1.84 bits per heavy atom. The van der Waals surface area contributed by atoms with E-state index >= 15 is 0 Å². The van der Waals surface area contributed by atoms with Crippen LogP contribution in [-0.4, -0.2) is 33.2 Å². The highest BCUT2D eigenvalue weighted by molar-refractivity contribution is 9.10. The molecule has 1 heterocycles. The first-order valence-electron chi connectivity index (χ1n) is 8.05. The average Bonchev–Trinajstić information content (AvgIpc) is 3.02. The summed E-state index contributed by atoms with van der Waals surface area (Å²) < 4.78 is 27.5. The number of para-hydroxylation sites is 1. The van der Waals surface area contributed by atoms with Crippen LogP contribution in [0.5, 0.6) is 0 Å². The summed E-state index contributed by atoms with van der Waals surface area (Å²) in [5, 5.41) is 2.69. The van der Waals surface area contributed by atoms with E-state index in [-0.39, 0.29) is 24.6 Å². The molecule has 0 radical (unpaired) electrons. The van der Waals surface area contributed by atoms with E-state index in [2.05, 4.69) is 21.2 Å². The van der Waals surface area contributed by atoms with Gasteiger partial charge in [0.1, 0.15) is 0 Å². The number of fused-ring (bicyclic) bond motifs is 1. The Bertz CT molecular complexity index is 866. The first kappa shape index (κ1) is 17.9. The molecule has 0 spiro atoms. The Hall–Kier alpha value is -1.86. The van der Waals surface area contributed by atoms with Crippen molar-refractivity contribution in [1.82, 2.24) is 5.32 Å². The van der Waals surface area contributed by atoms with Gasteiger partial charge in [-0.05, 0) is 35.7 Å². The van der Waals surface area contributed by atoms with E-state index in [0.29, 0.717) is 6.54 Å². The number of halogens is 1. The van der Waals surface area contributed by atoms with Gasteiger partial charge in [0.25, 0.3) is 0 Å². The van der Waals surface area contributed by atoms with Gasteiger partial charge in [0, 0.05) is 17.6 Å². The molecule has 0 fully saturated rings. The van der Waals surface area contributed by atoms with Crippen LogP contribution in [0.4, 0.5) is 5.69 Å². The predicted octanol–water partition coefficient (Wildman–Crippen LogP) is 2.50. The molecule has 7 heteroatoms. The molecule has 0 aromatic heterocycles. The van der Waals surface area contributed by atoms with Gasteiger partial charge < -0.3 is 5.32 Å². The standard InChI is InChI=1S/C18H19BrN2O3S/c19-16-7-5-14(6-8-16)13-18(22)20-10-12-25(23,24)21-11-9-15-3-1-2-4-17(15)21/h1-8H,9-13H2,(H,20,22). The maximum absolute atomic E-state index is 12.5. The van der Waals surface area contributed by atoms with E-state index in [1.54, 1.807) is 0 Å². The lowest BCUT2D eigenvalue weighted by molar-refractivity contribution is -0.120. The summed E-state index contributed by atoms with van der Waals surface area (Å²) in [5.41, 5.74) is 2.69. The van der Waals surface area contributed by atoms with Crippen molar-refractivity contribution in [2.75, 3.05) is 23.1 Å². The summed E-state index contributed by atoms with van der Waals surface area (Å²) in [6.45, 7) is 0.574. The van der Waals surface area contributed by atoms with E-state index in [4.69, 9.17) is 0 Å². The first-order valence-corrected chi connectivity index (χ1v) is 10.5. The van der Waals surface area contributed by atoms with E-state index in [0.717, 1.165) is 27.7 Å². The lowest BCUT2D eigenvalue weighted by Crippen LogP contribution is -2.37. The van der Waals surface area contributed by atoms with Crippen molar-refractivity contribution in [3.05, 3.63) is 64.1 Å². The topological polar surface area (TPSA) is 66.5 Å². The van der Waals surface area contributed by atoms with Crippen molar-refractivity contribution in [3.63, 3.8) is 0 Å². The van der Waals surface area contributed by atoms with E-state index < -0.39 is 10.0 Å². The molecular weight excluding hydrogens is 404 g/mol. The van der Waals surface area contributed by atoms with E-state index in [1.807, 2.05) is 48.5 Å². The van der Waals surface area contributed by atoms with Gasteiger partial charge >= 0.3 is 0 Å². The number of carbonyl (C=O) groups excluding carboxylic acids is 1. The molecule has 0 saturated carbocycles. The average molecular weight is 423 g/mol. The zero-order valence-electron chi connectivity index (χ0n) is 13.6. The summed E-state index contributed by atoms with van der Waals surface area (Å²) in [5.74, 6) is -0.285. The van der Waals surface area contributed by atoms with Crippen molar-refractivity contribution >= 4 is 37.5 Å². The lowest BCUT2D eigenvalue weighted by Gasteiger charge is -2.19. The van der Waals surface area contributed by atoms with E-state index in [9.17, 15) is 13.2 Å². The van der Waals surface area contributed by atoms with Gasteiger partial charge in [-0.1, -0.05) is 46.3 Å². The number of nitrogens with zero attached hydrogens (tertiary/aromatic N) is 1. The second-order valence-electron chi connectivity index (χ2n) is 5.92. The van der Waals surface area contributed by atoms with Crippen LogP contribution in [0.3, 0.4) is 0 Å².